The number of hydrogen-bond donors (Lipinski definition) is 1. The molecule has 138 valence electrons. The molecule has 0 unspecified atom stereocenters. The summed E-state index contributed by atoms with van der Waals surface area (Å²) in [6.45, 7) is 6.59. The lowest BCUT2D eigenvalue weighted by Gasteiger charge is -2.20. The highest BCUT2D eigenvalue weighted by Crippen LogP contribution is 2.41. The second-order valence-electron chi connectivity index (χ2n) is 7.85. The molecule has 4 heteroatoms. The van der Waals surface area contributed by atoms with Gasteiger partial charge in [-0.25, -0.2) is 4.98 Å². The third kappa shape index (κ3) is 3.26. The van der Waals surface area contributed by atoms with Crippen molar-refractivity contribution in [3.63, 3.8) is 0 Å². The Morgan fingerprint density at radius 2 is 1.68 bits per heavy atom. The fourth-order valence-corrected chi connectivity index (χ4v) is 4.24. The summed E-state index contributed by atoms with van der Waals surface area (Å²) in [4.78, 5) is 4.88. The van der Waals surface area contributed by atoms with E-state index in [1.54, 1.807) is 17.4 Å². The number of phenolic OH excluding ortho intramolecular Hbond substituents is 1. The van der Waals surface area contributed by atoms with E-state index in [2.05, 4.69) is 39.0 Å². The molecule has 0 bridgehead atoms. The normalized spacial score (nSPS) is 11.5. The Bertz CT molecular complexity index is 1210. The first-order valence-corrected chi connectivity index (χ1v) is 9.92. The molecule has 0 aliphatic carbocycles. The maximum atomic E-state index is 10.3. The quantitative estimate of drug-likeness (QED) is 0.429. The predicted molar refractivity (Wildman–Crippen MR) is 116 cm³/mol. The number of para-hydroxylation sites is 1. The molecule has 0 fully saturated rings. The Kier molecular flexibility index (Phi) is 4.41. The van der Waals surface area contributed by atoms with Crippen molar-refractivity contribution >= 4 is 21.6 Å². The lowest BCUT2D eigenvalue weighted by atomic mass is 9.85. The van der Waals surface area contributed by atoms with Crippen LogP contribution in [0.5, 0.6) is 5.75 Å². The van der Waals surface area contributed by atoms with Gasteiger partial charge in [0.25, 0.3) is 0 Å². The van der Waals surface area contributed by atoms with Crippen molar-refractivity contribution in [2.45, 2.75) is 26.2 Å². The van der Waals surface area contributed by atoms with Crippen molar-refractivity contribution in [2.24, 2.45) is 0 Å². The zero-order valence-electron chi connectivity index (χ0n) is 16.0. The molecule has 3 aromatic carbocycles. The number of rotatable bonds is 2. The van der Waals surface area contributed by atoms with Gasteiger partial charge in [-0.05, 0) is 52.9 Å². The van der Waals surface area contributed by atoms with Crippen LogP contribution in [-0.2, 0) is 5.41 Å². The molecule has 0 aliphatic rings. The largest absolute Gasteiger partial charge is 0.507 e. The number of benzene rings is 3. The molecule has 0 amide bonds. The molecule has 4 rings (SSSR count). The van der Waals surface area contributed by atoms with E-state index < -0.39 is 0 Å². The number of thiazole rings is 1. The SMILES string of the molecule is CC(C)(C)c1cc(-c2ccc(C#N)cc2)c2nc(-c3ccccc3O)sc2c1. The lowest BCUT2D eigenvalue weighted by Crippen LogP contribution is -2.11. The summed E-state index contributed by atoms with van der Waals surface area (Å²) in [7, 11) is 0. The zero-order chi connectivity index (χ0) is 19.9. The molecular formula is C24H20N2OS. The first-order chi connectivity index (χ1) is 13.4. The fourth-order valence-electron chi connectivity index (χ4n) is 3.18. The standard InChI is InChI=1S/C24H20N2OS/c1-24(2,3)17-12-19(16-10-8-15(14-25)9-11-16)22-21(13-17)28-23(26-22)18-6-4-5-7-20(18)27/h4-13,27H,1-3H3. The monoisotopic (exact) mass is 384 g/mol. The van der Waals surface area contributed by atoms with Crippen LogP contribution in [0.2, 0.25) is 0 Å². The van der Waals surface area contributed by atoms with Gasteiger partial charge < -0.3 is 5.11 Å². The van der Waals surface area contributed by atoms with E-state index >= 15 is 0 Å². The minimum absolute atomic E-state index is 0.00538. The maximum Gasteiger partial charge on any atom is 0.128 e. The van der Waals surface area contributed by atoms with Gasteiger partial charge in [-0.3, -0.25) is 0 Å². The molecule has 0 saturated carbocycles. The van der Waals surface area contributed by atoms with Gasteiger partial charge in [0.15, 0.2) is 0 Å². The second kappa shape index (κ2) is 6.78. The predicted octanol–water partition coefficient (Wildman–Crippen LogP) is 6.51. The van der Waals surface area contributed by atoms with E-state index in [0.29, 0.717) is 5.56 Å². The van der Waals surface area contributed by atoms with Crippen LogP contribution in [0.3, 0.4) is 0 Å². The van der Waals surface area contributed by atoms with Crippen LogP contribution >= 0.6 is 11.3 Å². The third-order valence-corrected chi connectivity index (χ3v) is 5.86. The molecule has 0 radical (unpaired) electrons. The molecule has 0 aliphatic heterocycles. The first-order valence-electron chi connectivity index (χ1n) is 9.11. The Morgan fingerprint density at radius 1 is 0.964 bits per heavy atom. The van der Waals surface area contributed by atoms with Crippen LogP contribution in [-0.4, -0.2) is 10.1 Å². The summed E-state index contributed by atoms with van der Waals surface area (Å²) >= 11 is 1.59. The summed E-state index contributed by atoms with van der Waals surface area (Å²) < 4.78 is 1.09. The van der Waals surface area contributed by atoms with Crippen LogP contribution < -0.4 is 0 Å². The molecule has 4 aromatic rings. The van der Waals surface area contributed by atoms with Gasteiger partial charge in [0, 0.05) is 5.56 Å². The van der Waals surface area contributed by atoms with Crippen molar-refractivity contribution in [3.8, 4) is 33.5 Å². The molecular weight excluding hydrogens is 364 g/mol. The van der Waals surface area contributed by atoms with Crippen molar-refractivity contribution in [1.82, 2.24) is 4.98 Å². The van der Waals surface area contributed by atoms with Gasteiger partial charge in [-0.1, -0.05) is 45.0 Å². The summed E-state index contributed by atoms with van der Waals surface area (Å²) in [6.07, 6.45) is 0. The number of fused-ring (bicyclic) bond motifs is 1. The molecule has 1 aromatic heterocycles. The molecule has 1 heterocycles. The van der Waals surface area contributed by atoms with Crippen molar-refractivity contribution in [2.75, 3.05) is 0 Å². The Balaban J connectivity index is 1.98. The molecule has 1 N–H and O–H groups in total. The van der Waals surface area contributed by atoms with Gasteiger partial charge in [0.1, 0.15) is 10.8 Å². The number of hydrogen-bond acceptors (Lipinski definition) is 4. The highest BCUT2D eigenvalue weighted by atomic mass is 32.1. The average molecular weight is 385 g/mol. The van der Waals surface area contributed by atoms with Crippen LogP contribution in [0.25, 0.3) is 31.9 Å². The zero-order valence-corrected chi connectivity index (χ0v) is 16.8. The van der Waals surface area contributed by atoms with Crippen LogP contribution in [0.4, 0.5) is 0 Å². The summed E-state index contributed by atoms with van der Waals surface area (Å²) in [5, 5.41) is 20.1. The third-order valence-electron chi connectivity index (χ3n) is 4.82. The molecule has 0 spiro atoms. The number of nitriles is 1. The summed E-state index contributed by atoms with van der Waals surface area (Å²) in [5.74, 6) is 0.234. The minimum Gasteiger partial charge on any atom is -0.507 e. The van der Waals surface area contributed by atoms with Crippen LogP contribution in [0.15, 0.2) is 60.7 Å². The van der Waals surface area contributed by atoms with Crippen molar-refractivity contribution in [3.05, 3.63) is 71.8 Å². The number of nitrogens with zero attached hydrogens (tertiary/aromatic N) is 2. The summed E-state index contributed by atoms with van der Waals surface area (Å²) in [6, 6.07) is 21.5. The molecule has 0 saturated heterocycles. The number of aromatic nitrogens is 1. The molecule has 28 heavy (non-hydrogen) atoms. The Hall–Kier alpha value is -3.16. The molecule has 0 atom stereocenters. The summed E-state index contributed by atoms with van der Waals surface area (Å²) in [5.41, 5.74) is 5.60. The average Bonchev–Trinajstić information content (AvgIpc) is 3.11. The smallest absolute Gasteiger partial charge is 0.128 e. The lowest BCUT2D eigenvalue weighted by molar-refractivity contribution is 0.477. The van der Waals surface area contributed by atoms with Crippen LogP contribution in [0.1, 0.15) is 31.9 Å². The number of phenols is 1. The molecule has 3 nitrogen and oxygen atoms in total. The van der Waals surface area contributed by atoms with E-state index in [1.807, 2.05) is 42.5 Å². The van der Waals surface area contributed by atoms with E-state index in [1.165, 1.54) is 5.56 Å². The van der Waals surface area contributed by atoms with Gasteiger partial charge >= 0.3 is 0 Å². The Labute approximate surface area is 168 Å². The number of aromatic hydroxyl groups is 1. The maximum absolute atomic E-state index is 10.3. The van der Waals surface area contributed by atoms with E-state index in [9.17, 15) is 5.11 Å². The topological polar surface area (TPSA) is 56.9 Å². The van der Waals surface area contributed by atoms with Gasteiger partial charge in [-0.15, -0.1) is 11.3 Å². The van der Waals surface area contributed by atoms with E-state index in [4.69, 9.17) is 10.2 Å². The van der Waals surface area contributed by atoms with Gasteiger partial charge in [-0.2, -0.15) is 5.26 Å². The van der Waals surface area contributed by atoms with Gasteiger partial charge in [0.2, 0.25) is 0 Å². The minimum atomic E-state index is -0.00538. The first kappa shape index (κ1) is 18.2. The van der Waals surface area contributed by atoms with E-state index in [-0.39, 0.29) is 11.2 Å². The highest BCUT2D eigenvalue weighted by molar-refractivity contribution is 7.21. The fraction of sp³-hybridized carbons (Fsp3) is 0.167. The highest BCUT2D eigenvalue weighted by Gasteiger charge is 2.20. The van der Waals surface area contributed by atoms with Crippen molar-refractivity contribution in [1.29, 1.82) is 5.26 Å². The van der Waals surface area contributed by atoms with Gasteiger partial charge in [0.05, 0.1) is 27.4 Å². The van der Waals surface area contributed by atoms with E-state index in [0.717, 1.165) is 31.9 Å². The Morgan fingerprint density at radius 3 is 2.32 bits per heavy atom. The second-order valence-corrected chi connectivity index (χ2v) is 8.88. The van der Waals surface area contributed by atoms with Crippen molar-refractivity contribution < 1.29 is 5.11 Å². The van der Waals surface area contributed by atoms with Crippen LogP contribution in [0, 0.1) is 11.3 Å².